The van der Waals surface area contributed by atoms with Crippen molar-refractivity contribution in [2.24, 2.45) is 5.92 Å². The average molecular weight is 423 g/mol. The van der Waals surface area contributed by atoms with E-state index < -0.39 is 0 Å². The number of nitrogens with zero attached hydrogens (tertiary/aromatic N) is 2. The van der Waals surface area contributed by atoms with Crippen LogP contribution in [0.2, 0.25) is 5.02 Å². The summed E-state index contributed by atoms with van der Waals surface area (Å²) in [5, 5.41) is 0.636. The molecule has 4 nitrogen and oxygen atoms in total. The molecule has 0 N–H and O–H groups in total. The fourth-order valence-electron chi connectivity index (χ4n) is 4.74. The molecule has 0 aliphatic carbocycles. The molecular formula is C24H20ClFN2O2. The number of carbonyl (C=O) groups is 1. The van der Waals surface area contributed by atoms with E-state index in [1.807, 2.05) is 33.7 Å². The van der Waals surface area contributed by atoms with Gasteiger partial charge in [0.15, 0.2) is 0 Å². The minimum atomic E-state index is -0.355. The second kappa shape index (κ2) is 7.40. The molecule has 0 saturated carbocycles. The molecule has 0 spiro atoms. The zero-order valence-corrected chi connectivity index (χ0v) is 17.0. The molecule has 30 heavy (non-hydrogen) atoms. The van der Waals surface area contributed by atoms with Crippen LogP contribution in [0.3, 0.4) is 0 Å². The van der Waals surface area contributed by atoms with Gasteiger partial charge in [-0.05, 0) is 66.4 Å². The molecule has 2 atom stereocenters. The van der Waals surface area contributed by atoms with Crippen molar-refractivity contribution in [1.29, 1.82) is 0 Å². The Hall–Kier alpha value is -2.92. The van der Waals surface area contributed by atoms with Crippen molar-refractivity contribution in [3.63, 3.8) is 0 Å². The number of piperidine rings is 1. The summed E-state index contributed by atoms with van der Waals surface area (Å²) in [5.41, 5.74) is 2.98. The molecule has 5 rings (SSSR count). The zero-order valence-electron chi connectivity index (χ0n) is 16.2. The lowest BCUT2D eigenvalue weighted by Crippen LogP contribution is -2.49. The fraction of sp³-hybridized carbons (Fsp3) is 0.250. The number of hydrogen-bond acceptors (Lipinski definition) is 2. The first-order valence-electron chi connectivity index (χ1n) is 10.0. The summed E-state index contributed by atoms with van der Waals surface area (Å²) in [5.74, 6) is -0.0992. The van der Waals surface area contributed by atoms with Crippen LogP contribution in [0, 0.1) is 11.7 Å². The molecule has 0 unspecified atom stereocenters. The van der Waals surface area contributed by atoms with Crippen molar-refractivity contribution >= 4 is 17.5 Å². The first-order valence-corrected chi connectivity index (χ1v) is 10.4. The molecule has 3 heterocycles. The van der Waals surface area contributed by atoms with Crippen LogP contribution in [0.4, 0.5) is 4.39 Å². The van der Waals surface area contributed by atoms with Gasteiger partial charge in [0.25, 0.3) is 11.5 Å². The lowest BCUT2D eigenvalue weighted by atomic mass is 9.82. The maximum Gasteiger partial charge on any atom is 0.258 e. The maximum atomic E-state index is 13.2. The number of halogens is 2. The van der Waals surface area contributed by atoms with E-state index in [4.69, 9.17) is 11.6 Å². The predicted molar refractivity (Wildman–Crippen MR) is 114 cm³/mol. The zero-order chi connectivity index (χ0) is 20.8. The highest BCUT2D eigenvalue weighted by atomic mass is 35.5. The molecular weight excluding hydrogens is 403 g/mol. The Morgan fingerprint density at radius 2 is 1.67 bits per heavy atom. The SMILES string of the molecule is O=C(c1ccc(F)cc1)N1C[C@H]2C[C@H](C1)c1ccc(-c3ccc(Cl)cc3)c(=O)n1C2. The van der Waals surface area contributed by atoms with E-state index in [-0.39, 0.29) is 29.1 Å². The van der Waals surface area contributed by atoms with Crippen molar-refractivity contribution in [3.8, 4) is 11.1 Å². The molecule has 0 radical (unpaired) electrons. The van der Waals surface area contributed by atoms with Gasteiger partial charge in [-0.1, -0.05) is 23.7 Å². The fourth-order valence-corrected chi connectivity index (χ4v) is 4.86. The Morgan fingerprint density at radius 3 is 2.40 bits per heavy atom. The van der Waals surface area contributed by atoms with E-state index in [9.17, 15) is 14.0 Å². The molecule has 3 aromatic rings. The summed E-state index contributed by atoms with van der Waals surface area (Å²) in [4.78, 5) is 28.0. The molecule has 2 aromatic carbocycles. The third-order valence-corrected chi connectivity index (χ3v) is 6.39. The van der Waals surface area contributed by atoms with Crippen LogP contribution in [0.1, 0.15) is 28.4 Å². The van der Waals surface area contributed by atoms with E-state index in [0.717, 1.165) is 17.7 Å². The van der Waals surface area contributed by atoms with Gasteiger partial charge in [0.05, 0.1) is 0 Å². The van der Waals surface area contributed by atoms with E-state index in [0.29, 0.717) is 35.8 Å². The van der Waals surface area contributed by atoms with E-state index in [2.05, 4.69) is 0 Å². The molecule has 152 valence electrons. The number of aromatic nitrogens is 1. The first-order chi connectivity index (χ1) is 14.5. The minimum absolute atomic E-state index is 0.00262. The average Bonchev–Trinajstić information content (AvgIpc) is 2.75. The van der Waals surface area contributed by atoms with Crippen LogP contribution >= 0.6 is 11.6 Å². The number of rotatable bonds is 2. The number of benzene rings is 2. The Bertz CT molecular complexity index is 1170. The van der Waals surface area contributed by atoms with E-state index in [1.54, 1.807) is 12.1 Å². The van der Waals surface area contributed by atoms with Crippen LogP contribution < -0.4 is 5.56 Å². The predicted octanol–water partition coefficient (Wildman–Crippen LogP) is 4.57. The molecule has 1 amide bonds. The molecule has 6 heteroatoms. The molecule has 1 fully saturated rings. The third-order valence-electron chi connectivity index (χ3n) is 6.14. The molecule has 1 saturated heterocycles. The summed E-state index contributed by atoms with van der Waals surface area (Å²) < 4.78 is 15.1. The molecule has 2 aliphatic heterocycles. The van der Waals surface area contributed by atoms with Gasteiger partial charge in [0, 0.05) is 47.4 Å². The van der Waals surface area contributed by atoms with Gasteiger partial charge in [-0.25, -0.2) is 4.39 Å². The highest BCUT2D eigenvalue weighted by Crippen LogP contribution is 2.36. The summed E-state index contributed by atoms with van der Waals surface area (Å²) in [7, 11) is 0. The van der Waals surface area contributed by atoms with E-state index in [1.165, 1.54) is 24.3 Å². The van der Waals surface area contributed by atoms with Crippen molar-refractivity contribution in [2.75, 3.05) is 13.1 Å². The van der Waals surface area contributed by atoms with Crippen LogP contribution in [0.5, 0.6) is 0 Å². The quantitative estimate of drug-likeness (QED) is 0.607. The number of fused-ring (bicyclic) bond motifs is 4. The second-order valence-electron chi connectivity index (χ2n) is 8.11. The van der Waals surface area contributed by atoms with Gasteiger partial charge in [0.1, 0.15) is 5.82 Å². The van der Waals surface area contributed by atoms with Gasteiger partial charge in [-0.15, -0.1) is 0 Å². The number of hydrogen-bond donors (Lipinski definition) is 0. The summed E-state index contributed by atoms with van der Waals surface area (Å²) in [6.45, 7) is 1.76. The minimum Gasteiger partial charge on any atom is -0.338 e. The van der Waals surface area contributed by atoms with Gasteiger partial charge >= 0.3 is 0 Å². The molecule has 2 aliphatic rings. The number of likely N-dealkylation sites (tertiary alicyclic amines) is 1. The van der Waals surface area contributed by atoms with Gasteiger partial charge in [-0.3, -0.25) is 9.59 Å². The summed E-state index contributed by atoms with van der Waals surface area (Å²) in [6, 6.07) is 16.9. The van der Waals surface area contributed by atoms with Crippen LogP contribution in [0.25, 0.3) is 11.1 Å². The first kappa shape index (κ1) is 19.1. The van der Waals surface area contributed by atoms with Crippen LogP contribution in [0.15, 0.2) is 65.5 Å². The Labute approximate surface area is 178 Å². The largest absolute Gasteiger partial charge is 0.338 e. The highest BCUT2D eigenvalue weighted by Gasteiger charge is 2.37. The van der Waals surface area contributed by atoms with Gasteiger partial charge < -0.3 is 9.47 Å². The Balaban J connectivity index is 1.45. The van der Waals surface area contributed by atoms with Gasteiger partial charge in [0.2, 0.25) is 0 Å². The van der Waals surface area contributed by atoms with Crippen molar-refractivity contribution in [2.45, 2.75) is 18.9 Å². The van der Waals surface area contributed by atoms with Crippen molar-refractivity contribution in [1.82, 2.24) is 9.47 Å². The standard InChI is InChI=1S/C24H20ClFN2O2/c25-19-5-1-16(2-6-19)21-9-10-22-18-11-15(13-28(22)24(21)30)12-27(14-18)23(29)17-3-7-20(26)8-4-17/h1-10,15,18H,11-14H2/t15-,18-/m1/s1. The number of pyridine rings is 1. The lowest BCUT2D eigenvalue weighted by Gasteiger charge is -2.43. The maximum absolute atomic E-state index is 13.2. The number of amides is 1. The third kappa shape index (κ3) is 3.33. The summed E-state index contributed by atoms with van der Waals surface area (Å²) in [6.07, 6.45) is 0.965. The summed E-state index contributed by atoms with van der Waals surface area (Å²) >= 11 is 5.98. The Morgan fingerprint density at radius 1 is 0.933 bits per heavy atom. The second-order valence-corrected chi connectivity index (χ2v) is 8.55. The normalized spacial score (nSPS) is 20.0. The monoisotopic (exact) mass is 422 g/mol. The van der Waals surface area contributed by atoms with Crippen molar-refractivity contribution < 1.29 is 9.18 Å². The molecule has 2 bridgehead atoms. The van der Waals surface area contributed by atoms with Gasteiger partial charge in [-0.2, -0.15) is 0 Å². The highest BCUT2D eigenvalue weighted by molar-refractivity contribution is 6.30. The topological polar surface area (TPSA) is 42.3 Å². The van der Waals surface area contributed by atoms with Crippen LogP contribution in [-0.4, -0.2) is 28.5 Å². The number of carbonyl (C=O) groups excluding carboxylic acids is 1. The smallest absolute Gasteiger partial charge is 0.258 e. The van der Waals surface area contributed by atoms with Crippen LogP contribution in [-0.2, 0) is 6.54 Å². The van der Waals surface area contributed by atoms with Crippen molar-refractivity contribution in [3.05, 3.63) is 93.1 Å². The molecule has 1 aromatic heterocycles. The Kier molecular flexibility index (Phi) is 4.70. The van der Waals surface area contributed by atoms with E-state index >= 15 is 0 Å². The lowest BCUT2D eigenvalue weighted by molar-refractivity contribution is 0.0594.